The summed E-state index contributed by atoms with van der Waals surface area (Å²) in [6.07, 6.45) is 18.0. The summed E-state index contributed by atoms with van der Waals surface area (Å²) in [4.78, 5) is 7.01. The lowest BCUT2D eigenvalue weighted by atomic mass is 9.73. The molecule has 0 radical (unpaired) electrons. The molecule has 0 bridgehead atoms. The molecule has 1 saturated heterocycles. The molecule has 3 N–H and O–H groups in total. The van der Waals surface area contributed by atoms with Crippen LogP contribution in [0.3, 0.4) is 0 Å². The Labute approximate surface area is 244 Å². The van der Waals surface area contributed by atoms with Crippen LogP contribution in [0.15, 0.2) is 66.1 Å². The summed E-state index contributed by atoms with van der Waals surface area (Å²) in [5.74, 6) is 1.20. The largest absolute Gasteiger partial charge is 0.381 e. The summed E-state index contributed by atoms with van der Waals surface area (Å²) < 4.78 is 16.3. The van der Waals surface area contributed by atoms with E-state index < -0.39 is 5.67 Å². The molecule has 40 heavy (non-hydrogen) atoms. The van der Waals surface area contributed by atoms with Crippen LogP contribution in [-0.2, 0) is 6.42 Å². The zero-order valence-corrected chi connectivity index (χ0v) is 25.6. The van der Waals surface area contributed by atoms with E-state index in [1.165, 1.54) is 63.4 Å². The Morgan fingerprint density at radius 3 is 2.40 bits per heavy atom. The van der Waals surface area contributed by atoms with E-state index in [1.54, 1.807) is 0 Å². The van der Waals surface area contributed by atoms with Crippen LogP contribution >= 0.6 is 0 Å². The summed E-state index contributed by atoms with van der Waals surface area (Å²) in [7, 11) is 0. The Hall–Kier alpha value is -2.40. The van der Waals surface area contributed by atoms with E-state index in [1.807, 2.05) is 19.1 Å². The summed E-state index contributed by atoms with van der Waals surface area (Å²) in [6.45, 7) is 16.7. The van der Waals surface area contributed by atoms with Gasteiger partial charge >= 0.3 is 0 Å². The van der Waals surface area contributed by atoms with E-state index in [9.17, 15) is 0 Å². The number of benzene rings is 1. The standard InChI is InChI=1S/C35H55FN4/c1-6-8-9-11-15-30-18-20-31(21-19-30)33(14-7-2)38-29(4)40-26-23-35(36,24-27-40)28(3)39-34(5,22-25-37)32-16-12-10-13-17-32/h7,14,18-21,32,39H,3-4,6,8-13,15-17,22-27,37H2,1-2,5H3/b14-7-,38-33?. The number of alkyl halides is 1. The molecule has 0 aromatic heterocycles. The normalized spacial score (nSPS) is 19.9. The van der Waals surface area contributed by atoms with Gasteiger partial charge in [0.05, 0.1) is 5.71 Å². The van der Waals surface area contributed by atoms with Crippen LogP contribution in [0, 0.1) is 5.92 Å². The van der Waals surface area contributed by atoms with Gasteiger partial charge in [0.1, 0.15) is 5.82 Å². The number of piperidine rings is 1. The maximum Gasteiger partial charge on any atom is 0.153 e. The summed E-state index contributed by atoms with van der Waals surface area (Å²) in [5.41, 5.74) is 8.21. The molecule has 1 aliphatic carbocycles. The molecule has 2 aliphatic rings. The summed E-state index contributed by atoms with van der Waals surface area (Å²) in [6, 6.07) is 8.74. The highest BCUT2D eigenvalue weighted by Crippen LogP contribution is 2.39. The maximum atomic E-state index is 16.3. The minimum absolute atomic E-state index is 0.206. The van der Waals surface area contributed by atoms with E-state index in [0.29, 0.717) is 49.9 Å². The average Bonchev–Trinajstić information content (AvgIpc) is 2.96. The first kappa shape index (κ1) is 32.1. The zero-order chi connectivity index (χ0) is 29.0. The molecule has 1 atom stereocenters. The fourth-order valence-corrected chi connectivity index (χ4v) is 6.45. The van der Waals surface area contributed by atoms with E-state index in [4.69, 9.17) is 10.7 Å². The fraction of sp³-hybridized carbons (Fsp3) is 0.629. The highest BCUT2D eigenvalue weighted by atomic mass is 19.1. The summed E-state index contributed by atoms with van der Waals surface area (Å²) >= 11 is 0. The third-order valence-electron chi connectivity index (χ3n) is 9.21. The monoisotopic (exact) mass is 550 g/mol. The molecular formula is C35H55FN4. The van der Waals surface area contributed by atoms with Crippen molar-refractivity contribution in [3.05, 3.63) is 72.2 Å². The van der Waals surface area contributed by atoms with Crippen molar-refractivity contribution in [2.75, 3.05) is 19.6 Å². The number of unbranched alkanes of at least 4 members (excludes halogenated alkanes) is 3. The number of nitrogens with one attached hydrogen (secondary N) is 1. The summed E-state index contributed by atoms with van der Waals surface area (Å²) in [5, 5.41) is 3.59. The molecule has 4 nitrogen and oxygen atoms in total. The first-order valence-electron chi connectivity index (χ1n) is 15.9. The van der Waals surface area contributed by atoms with Gasteiger partial charge < -0.3 is 16.0 Å². The second-order valence-corrected chi connectivity index (χ2v) is 12.3. The van der Waals surface area contributed by atoms with Crippen molar-refractivity contribution in [1.82, 2.24) is 10.2 Å². The topological polar surface area (TPSA) is 53.6 Å². The maximum absolute atomic E-state index is 16.3. The minimum Gasteiger partial charge on any atom is -0.381 e. The third kappa shape index (κ3) is 8.80. The predicted molar refractivity (Wildman–Crippen MR) is 170 cm³/mol. The van der Waals surface area contributed by atoms with Crippen molar-refractivity contribution in [1.29, 1.82) is 0 Å². The smallest absolute Gasteiger partial charge is 0.153 e. The molecule has 0 amide bonds. The molecule has 1 heterocycles. The third-order valence-corrected chi connectivity index (χ3v) is 9.21. The second-order valence-electron chi connectivity index (χ2n) is 12.3. The van der Waals surface area contributed by atoms with Crippen LogP contribution in [-0.4, -0.2) is 41.5 Å². The Morgan fingerprint density at radius 1 is 1.12 bits per heavy atom. The van der Waals surface area contributed by atoms with Crippen LogP contribution in [0.2, 0.25) is 0 Å². The molecular weight excluding hydrogens is 495 g/mol. The molecule has 1 aromatic rings. The van der Waals surface area contributed by atoms with E-state index in [2.05, 4.69) is 61.5 Å². The molecule has 1 aliphatic heterocycles. The van der Waals surface area contributed by atoms with Gasteiger partial charge in [-0.05, 0) is 70.1 Å². The van der Waals surface area contributed by atoms with Crippen LogP contribution in [0.1, 0.15) is 109 Å². The first-order valence-corrected chi connectivity index (χ1v) is 15.9. The Morgan fingerprint density at radius 2 is 1.80 bits per heavy atom. The van der Waals surface area contributed by atoms with Crippen molar-refractivity contribution in [3.63, 3.8) is 0 Å². The number of nitrogens with two attached hydrogens (primary N) is 1. The lowest BCUT2D eigenvalue weighted by Gasteiger charge is -2.46. The number of hydrogen-bond donors (Lipinski definition) is 2. The van der Waals surface area contributed by atoms with Crippen molar-refractivity contribution in [3.8, 4) is 0 Å². The molecule has 3 rings (SSSR count). The molecule has 1 saturated carbocycles. The molecule has 2 fully saturated rings. The Bertz CT molecular complexity index is 997. The van der Waals surface area contributed by atoms with Crippen molar-refractivity contribution in [2.45, 2.75) is 115 Å². The van der Waals surface area contributed by atoms with Gasteiger partial charge in [-0.1, -0.05) is 88.9 Å². The number of allylic oxidation sites excluding steroid dienone is 3. The number of aliphatic imine (C=N–C) groups is 1. The second kappa shape index (κ2) is 15.6. The molecule has 222 valence electrons. The van der Waals surface area contributed by atoms with E-state index in [-0.39, 0.29) is 5.54 Å². The van der Waals surface area contributed by atoms with E-state index in [0.717, 1.165) is 24.1 Å². The number of rotatable bonds is 15. The number of hydrogen-bond acceptors (Lipinski definition) is 4. The van der Waals surface area contributed by atoms with Gasteiger partial charge in [-0.3, -0.25) is 0 Å². The van der Waals surface area contributed by atoms with Crippen LogP contribution in [0.4, 0.5) is 4.39 Å². The highest BCUT2D eigenvalue weighted by molar-refractivity contribution is 6.09. The van der Waals surface area contributed by atoms with Crippen LogP contribution < -0.4 is 11.1 Å². The minimum atomic E-state index is -1.44. The van der Waals surface area contributed by atoms with Gasteiger partial charge in [0, 0.05) is 42.7 Å². The number of likely N-dealkylation sites (tertiary alicyclic amines) is 1. The van der Waals surface area contributed by atoms with Crippen LogP contribution in [0.5, 0.6) is 0 Å². The van der Waals surface area contributed by atoms with E-state index >= 15 is 4.39 Å². The lowest BCUT2D eigenvalue weighted by Crippen LogP contribution is -2.54. The van der Waals surface area contributed by atoms with Crippen molar-refractivity contribution < 1.29 is 4.39 Å². The van der Waals surface area contributed by atoms with Crippen molar-refractivity contribution in [2.24, 2.45) is 16.6 Å². The number of halogens is 1. The van der Waals surface area contributed by atoms with Gasteiger partial charge in [-0.2, -0.15) is 0 Å². The Balaban J connectivity index is 1.61. The molecule has 5 heteroatoms. The fourth-order valence-electron chi connectivity index (χ4n) is 6.45. The van der Waals surface area contributed by atoms with Gasteiger partial charge in [0.2, 0.25) is 0 Å². The molecule has 1 unspecified atom stereocenters. The van der Waals surface area contributed by atoms with Gasteiger partial charge in [-0.15, -0.1) is 0 Å². The molecule has 1 aromatic carbocycles. The lowest BCUT2D eigenvalue weighted by molar-refractivity contribution is 0.0837. The van der Waals surface area contributed by atoms with Crippen LogP contribution in [0.25, 0.3) is 0 Å². The first-order chi connectivity index (χ1) is 19.2. The highest BCUT2D eigenvalue weighted by Gasteiger charge is 2.42. The number of nitrogens with zero attached hydrogens (tertiary/aromatic N) is 2. The SMILES string of the molecule is C=C(N=C(/C=C\C)c1ccc(CCCCCC)cc1)N1CCC(F)(C(=C)NC(C)(CCN)C2CCCCC2)CC1. The van der Waals surface area contributed by atoms with Gasteiger partial charge in [0.15, 0.2) is 5.67 Å². The zero-order valence-electron chi connectivity index (χ0n) is 25.6. The average molecular weight is 551 g/mol. The number of aryl methyl sites for hydroxylation is 1. The van der Waals surface area contributed by atoms with Gasteiger partial charge in [0.25, 0.3) is 0 Å². The van der Waals surface area contributed by atoms with Gasteiger partial charge in [-0.25, -0.2) is 9.38 Å². The quantitative estimate of drug-likeness (QED) is 0.171. The molecule has 0 spiro atoms. The van der Waals surface area contributed by atoms with Crippen molar-refractivity contribution >= 4 is 5.71 Å². The predicted octanol–water partition coefficient (Wildman–Crippen LogP) is 8.24. The Kier molecular flexibility index (Phi) is 12.5.